The third-order valence-corrected chi connectivity index (χ3v) is 5.12. The van der Waals surface area contributed by atoms with Gasteiger partial charge in [0, 0.05) is 5.02 Å². The van der Waals surface area contributed by atoms with E-state index >= 15 is 0 Å². The van der Waals surface area contributed by atoms with E-state index in [1.807, 2.05) is 32.0 Å². The molecule has 136 valence electrons. The Kier molecular flexibility index (Phi) is 5.26. The molecule has 0 radical (unpaired) electrons. The number of anilines is 1. The largest absolute Gasteiger partial charge is 0.455 e. The van der Waals surface area contributed by atoms with Crippen LogP contribution in [-0.2, 0) is 19.7 Å². The molecule has 1 aliphatic carbocycles. The van der Waals surface area contributed by atoms with Crippen LogP contribution >= 0.6 is 23.2 Å². The van der Waals surface area contributed by atoms with Crippen LogP contribution in [0.4, 0.5) is 5.69 Å². The molecular weight excluding hydrogens is 373 g/mol. The SMILES string of the molecule is Cc1cc(C)c(NC(=O)COC(=O)C2(c3ccc(Cl)cc3)CC2)c(Cl)c1. The molecule has 1 aliphatic rings. The minimum atomic E-state index is -0.651. The van der Waals surface area contributed by atoms with E-state index in [9.17, 15) is 9.59 Å². The topological polar surface area (TPSA) is 55.4 Å². The van der Waals surface area contributed by atoms with Gasteiger partial charge in [-0.15, -0.1) is 0 Å². The Balaban J connectivity index is 1.61. The lowest BCUT2D eigenvalue weighted by Crippen LogP contribution is -2.28. The Hall–Kier alpha value is -2.04. The van der Waals surface area contributed by atoms with Gasteiger partial charge in [0.15, 0.2) is 6.61 Å². The summed E-state index contributed by atoms with van der Waals surface area (Å²) in [5, 5.41) is 3.79. The smallest absolute Gasteiger partial charge is 0.317 e. The molecule has 1 fully saturated rings. The number of esters is 1. The lowest BCUT2D eigenvalue weighted by molar-refractivity contribution is -0.150. The number of ether oxygens (including phenoxy) is 1. The van der Waals surface area contributed by atoms with E-state index in [0.29, 0.717) is 28.6 Å². The summed E-state index contributed by atoms with van der Waals surface area (Å²) in [6.45, 7) is 3.44. The Labute approximate surface area is 162 Å². The third kappa shape index (κ3) is 3.87. The molecule has 0 unspecified atom stereocenters. The van der Waals surface area contributed by atoms with Gasteiger partial charge in [0.1, 0.15) is 0 Å². The monoisotopic (exact) mass is 391 g/mol. The zero-order valence-corrected chi connectivity index (χ0v) is 16.1. The number of hydrogen-bond donors (Lipinski definition) is 1. The molecule has 0 spiro atoms. The number of carbonyl (C=O) groups is 2. The van der Waals surface area contributed by atoms with Crippen LogP contribution in [0.5, 0.6) is 0 Å². The molecule has 6 heteroatoms. The van der Waals surface area contributed by atoms with Gasteiger partial charge in [0.2, 0.25) is 0 Å². The summed E-state index contributed by atoms with van der Waals surface area (Å²) >= 11 is 12.1. The van der Waals surface area contributed by atoms with Gasteiger partial charge in [-0.05, 0) is 61.6 Å². The maximum atomic E-state index is 12.5. The minimum absolute atomic E-state index is 0.349. The molecule has 0 saturated heterocycles. The van der Waals surface area contributed by atoms with Crippen molar-refractivity contribution in [2.75, 3.05) is 11.9 Å². The van der Waals surface area contributed by atoms with Crippen molar-refractivity contribution >= 4 is 40.8 Å². The Morgan fingerprint density at radius 2 is 1.77 bits per heavy atom. The zero-order valence-electron chi connectivity index (χ0n) is 14.6. The number of aryl methyl sites for hydroxylation is 2. The molecule has 0 aliphatic heterocycles. The van der Waals surface area contributed by atoms with Crippen molar-refractivity contribution in [1.29, 1.82) is 0 Å². The fraction of sp³-hybridized carbons (Fsp3) is 0.300. The van der Waals surface area contributed by atoms with Crippen molar-refractivity contribution < 1.29 is 14.3 Å². The van der Waals surface area contributed by atoms with Gasteiger partial charge in [-0.25, -0.2) is 0 Å². The molecule has 2 aromatic carbocycles. The van der Waals surface area contributed by atoms with Crippen molar-refractivity contribution in [3.8, 4) is 0 Å². The highest BCUT2D eigenvalue weighted by atomic mass is 35.5. The highest BCUT2D eigenvalue weighted by Gasteiger charge is 2.52. The van der Waals surface area contributed by atoms with Gasteiger partial charge in [-0.3, -0.25) is 9.59 Å². The van der Waals surface area contributed by atoms with E-state index in [2.05, 4.69) is 5.32 Å². The quantitative estimate of drug-likeness (QED) is 0.742. The number of nitrogens with one attached hydrogen (secondary N) is 1. The van der Waals surface area contributed by atoms with Crippen molar-refractivity contribution in [3.63, 3.8) is 0 Å². The second kappa shape index (κ2) is 7.29. The molecular formula is C20H19Cl2NO3. The highest BCUT2D eigenvalue weighted by Crippen LogP contribution is 2.49. The normalized spacial score (nSPS) is 14.6. The fourth-order valence-corrected chi connectivity index (χ4v) is 3.52. The van der Waals surface area contributed by atoms with Crippen LogP contribution in [0.25, 0.3) is 0 Å². The summed E-state index contributed by atoms with van der Waals surface area (Å²) < 4.78 is 5.26. The Bertz CT molecular complexity index is 835. The van der Waals surface area contributed by atoms with E-state index < -0.39 is 11.3 Å². The Morgan fingerprint density at radius 3 is 2.35 bits per heavy atom. The molecule has 1 amide bonds. The second-order valence-corrected chi connectivity index (χ2v) is 7.50. The van der Waals surface area contributed by atoms with Gasteiger partial charge in [-0.2, -0.15) is 0 Å². The molecule has 1 N–H and O–H groups in total. The van der Waals surface area contributed by atoms with Crippen LogP contribution in [0.3, 0.4) is 0 Å². The molecule has 0 bridgehead atoms. The van der Waals surface area contributed by atoms with Crippen molar-refractivity contribution in [1.82, 2.24) is 0 Å². The second-order valence-electron chi connectivity index (χ2n) is 6.65. The summed E-state index contributed by atoms with van der Waals surface area (Å²) in [5.41, 5.74) is 2.62. The third-order valence-electron chi connectivity index (χ3n) is 4.57. The lowest BCUT2D eigenvalue weighted by atomic mass is 9.96. The standard InChI is InChI=1S/C20H19Cl2NO3/c1-12-9-13(2)18(16(22)10-12)23-17(24)11-26-19(25)20(7-8-20)14-3-5-15(21)6-4-14/h3-6,9-10H,7-8,11H2,1-2H3,(H,23,24). The average molecular weight is 392 g/mol. The molecule has 1 saturated carbocycles. The van der Waals surface area contributed by atoms with Crippen LogP contribution in [0.2, 0.25) is 10.0 Å². The van der Waals surface area contributed by atoms with Gasteiger partial charge in [0.05, 0.1) is 16.1 Å². The Morgan fingerprint density at radius 1 is 1.12 bits per heavy atom. The van der Waals surface area contributed by atoms with E-state index in [4.69, 9.17) is 27.9 Å². The van der Waals surface area contributed by atoms with E-state index in [1.54, 1.807) is 18.2 Å². The summed E-state index contributed by atoms with van der Waals surface area (Å²) in [6.07, 6.45) is 1.41. The first-order valence-electron chi connectivity index (χ1n) is 8.32. The first kappa shape index (κ1) is 18.7. The molecule has 0 heterocycles. The molecule has 26 heavy (non-hydrogen) atoms. The van der Waals surface area contributed by atoms with Gasteiger partial charge >= 0.3 is 5.97 Å². The number of halogens is 2. The number of amides is 1. The predicted molar refractivity (Wildman–Crippen MR) is 103 cm³/mol. The molecule has 2 aromatic rings. The van der Waals surface area contributed by atoms with Gasteiger partial charge in [-0.1, -0.05) is 41.4 Å². The van der Waals surface area contributed by atoms with Gasteiger partial charge < -0.3 is 10.1 Å². The van der Waals surface area contributed by atoms with Gasteiger partial charge in [0.25, 0.3) is 5.91 Å². The summed E-state index contributed by atoms with van der Waals surface area (Å²) in [7, 11) is 0. The van der Waals surface area contributed by atoms with Crippen LogP contribution in [0, 0.1) is 13.8 Å². The van der Waals surface area contributed by atoms with Crippen molar-refractivity contribution in [2.45, 2.75) is 32.1 Å². The van der Waals surface area contributed by atoms with Crippen LogP contribution in [0.15, 0.2) is 36.4 Å². The predicted octanol–water partition coefficient (Wildman–Crippen LogP) is 4.82. The first-order valence-corrected chi connectivity index (χ1v) is 9.07. The number of hydrogen-bond acceptors (Lipinski definition) is 3. The zero-order chi connectivity index (χ0) is 18.9. The fourth-order valence-electron chi connectivity index (χ4n) is 3.02. The number of carbonyl (C=O) groups excluding carboxylic acids is 2. The van der Waals surface area contributed by atoms with E-state index in [0.717, 1.165) is 16.7 Å². The van der Waals surface area contributed by atoms with Crippen LogP contribution in [0.1, 0.15) is 29.5 Å². The summed E-state index contributed by atoms with van der Waals surface area (Å²) in [6, 6.07) is 10.8. The van der Waals surface area contributed by atoms with Crippen molar-refractivity contribution in [2.24, 2.45) is 0 Å². The van der Waals surface area contributed by atoms with E-state index in [1.165, 1.54) is 0 Å². The molecule has 0 aromatic heterocycles. The van der Waals surface area contributed by atoms with E-state index in [-0.39, 0.29) is 12.6 Å². The summed E-state index contributed by atoms with van der Waals surface area (Å²) in [5.74, 6) is -0.805. The maximum Gasteiger partial charge on any atom is 0.317 e. The first-order chi connectivity index (χ1) is 12.3. The van der Waals surface area contributed by atoms with Crippen LogP contribution < -0.4 is 5.32 Å². The number of benzene rings is 2. The maximum absolute atomic E-state index is 12.5. The highest BCUT2D eigenvalue weighted by molar-refractivity contribution is 6.34. The summed E-state index contributed by atoms with van der Waals surface area (Å²) in [4.78, 5) is 24.7. The van der Waals surface area contributed by atoms with Crippen LogP contribution in [-0.4, -0.2) is 18.5 Å². The van der Waals surface area contributed by atoms with Crippen molar-refractivity contribution in [3.05, 3.63) is 63.1 Å². The lowest BCUT2D eigenvalue weighted by Gasteiger charge is -2.16. The number of rotatable bonds is 5. The molecule has 4 nitrogen and oxygen atoms in total. The molecule has 3 rings (SSSR count). The minimum Gasteiger partial charge on any atom is -0.455 e. The average Bonchev–Trinajstić information content (AvgIpc) is 3.38. The molecule has 0 atom stereocenters.